The van der Waals surface area contributed by atoms with Crippen molar-refractivity contribution in [1.82, 2.24) is 0 Å². The molecular weight excluding hydrogens is 349 g/mol. The van der Waals surface area contributed by atoms with Crippen molar-refractivity contribution in [3.63, 3.8) is 0 Å². The minimum atomic E-state index is -0.236. The maximum absolute atomic E-state index is 12.2. The molecule has 5 heteroatoms. The van der Waals surface area contributed by atoms with Crippen LogP contribution < -0.4 is 5.32 Å². The van der Waals surface area contributed by atoms with Gasteiger partial charge in [0.2, 0.25) is 0 Å². The number of carbonyl (C=O) groups excluding carboxylic acids is 1. The molecular formula is C14H10BrCl2NO. The quantitative estimate of drug-likeness (QED) is 0.773. The lowest BCUT2D eigenvalue weighted by atomic mass is 10.1. The van der Waals surface area contributed by atoms with E-state index >= 15 is 0 Å². The summed E-state index contributed by atoms with van der Waals surface area (Å²) in [5.41, 5.74) is 2.04. The van der Waals surface area contributed by atoms with Crippen molar-refractivity contribution in [2.75, 3.05) is 5.32 Å². The average Bonchev–Trinajstić information content (AvgIpc) is 2.38. The van der Waals surface area contributed by atoms with Crippen LogP contribution in [0, 0.1) is 6.92 Å². The van der Waals surface area contributed by atoms with Crippen molar-refractivity contribution >= 4 is 50.7 Å². The number of amides is 1. The van der Waals surface area contributed by atoms with Crippen LogP contribution >= 0.6 is 39.1 Å². The molecule has 0 saturated carbocycles. The highest BCUT2D eigenvalue weighted by Crippen LogP contribution is 2.30. The molecule has 0 aliphatic carbocycles. The van der Waals surface area contributed by atoms with E-state index in [0.29, 0.717) is 21.3 Å². The van der Waals surface area contributed by atoms with Gasteiger partial charge in [-0.2, -0.15) is 0 Å². The third-order valence-corrected chi connectivity index (χ3v) is 4.51. The molecule has 0 aliphatic rings. The van der Waals surface area contributed by atoms with Crippen LogP contribution in [0.1, 0.15) is 15.9 Å². The van der Waals surface area contributed by atoms with Gasteiger partial charge in [0.05, 0.1) is 21.3 Å². The van der Waals surface area contributed by atoms with E-state index in [0.717, 1.165) is 10.0 Å². The molecule has 0 unspecified atom stereocenters. The summed E-state index contributed by atoms with van der Waals surface area (Å²) < 4.78 is 0.769. The van der Waals surface area contributed by atoms with Crippen molar-refractivity contribution in [3.05, 3.63) is 62.0 Å². The monoisotopic (exact) mass is 357 g/mol. The molecule has 1 amide bonds. The van der Waals surface area contributed by atoms with Crippen LogP contribution in [0.15, 0.2) is 40.9 Å². The molecule has 0 fully saturated rings. The molecule has 0 spiro atoms. The van der Waals surface area contributed by atoms with Gasteiger partial charge in [0, 0.05) is 4.47 Å². The lowest BCUT2D eigenvalue weighted by Crippen LogP contribution is -2.13. The number of anilines is 1. The molecule has 2 aromatic carbocycles. The van der Waals surface area contributed by atoms with E-state index in [-0.39, 0.29) is 5.91 Å². The van der Waals surface area contributed by atoms with Gasteiger partial charge in [-0.3, -0.25) is 4.79 Å². The molecule has 0 aromatic heterocycles. The molecule has 1 N–H and O–H groups in total. The topological polar surface area (TPSA) is 29.1 Å². The fraction of sp³-hybridized carbons (Fsp3) is 0.0714. The lowest BCUT2D eigenvalue weighted by Gasteiger charge is -2.10. The summed E-state index contributed by atoms with van der Waals surface area (Å²) in [5.74, 6) is -0.236. The first-order chi connectivity index (χ1) is 9.00. The van der Waals surface area contributed by atoms with Crippen molar-refractivity contribution in [3.8, 4) is 0 Å². The maximum Gasteiger partial charge on any atom is 0.256 e. The van der Waals surface area contributed by atoms with Gasteiger partial charge in [-0.25, -0.2) is 0 Å². The summed E-state index contributed by atoms with van der Waals surface area (Å²) in [6.45, 7) is 1.92. The van der Waals surface area contributed by atoms with Gasteiger partial charge >= 0.3 is 0 Å². The molecule has 0 heterocycles. The summed E-state index contributed by atoms with van der Waals surface area (Å²) >= 11 is 15.4. The normalized spacial score (nSPS) is 10.3. The zero-order valence-corrected chi connectivity index (χ0v) is 13.1. The molecule has 0 saturated heterocycles. The SMILES string of the molecule is Cc1cccc(C(=O)Nc2cccc(Cl)c2Cl)c1Br. The summed E-state index contributed by atoms with van der Waals surface area (Å²) in [7, 11) is 0. The van der Waals surface area contributed by atoms with Gasteiger partial charge in [-0.05, 0) is 46.6 Å². The van der Waals surface area contributed by atoms with Crippen molar-refractivity contribution in [2.24, 2.45) is 0 Å². The van der Waals surface area contributed by atoms with Crippen molar-refractivity contribution in [2.45, 2.75) is 6.92 Å². The minimum Gasteiger partial charge on any atom is -0.321 e. The fourth-order valence-corrected chi connectivity index (χ4v) is 2.40. The van der Waals surface area contributed by atoms with Crippen LogP contribution in [0.25, 0.3) is 0 Å². The second kappa shape index (κ2) is 5.95. The van der Waals surface area contributed by atoms with Crippen molar-refractivity contribution in [1.29, 1.82) is 0 Å². The van der Waals surface area contributed by atoms with Gasteiger partial charge in [-0.1, -0.05) is 41.4 Å². The Morgan fingerprint density at radius 1 is 1.16 bits per heavy atom. The van der Waals surface area contributed by atoms with Gasteiger partial charge < -0.3 is 5.32 Å². The van der Waals surface area contributed by atoms with Gasteiger partial charge in [-0.15, -0.1) is 0 Å². The smallest absolute Gasteiger partial charge is 0.256 e. The first-order valence-electron chi connectivity index (χ1n) is 5.51. The summed E-state index contributed by atoms with van der Waals surface area (Å²) in [4.78, 5) is 12.2. The predicted molar refractivity (Wildman–Crippen MR) is 83.3 cm³/mol. The standard InChI is InChI=1S/C14H10BrCl2NO/c1-8-4-2-5-9(12(8)15)14(19)18-11-7-3-6-10(16)13(11)17/h2-7H,1H3,(H,18,19). The second-order valence-electron chi connectivity index (χ2n) is 3.99. The third-order valence-electron chi connectivity index (χ3n) is 2.64. The van der Waals surface area contributed by atoms with Crippen molar-refractivity contribution < 1.29 is 4.79 Å². The molecule has 0 radical (unpaired) electrons. The highest BCUT2D eigenvalue weighted by Gasteiger charge is 2.13. The van der Waals surface area contributed by atoms with E-state index in [4.69, 9.17) is 23.2 Å². The van der Waals surface area contributed by atoms with E-state index in [1.54, 1.807) is 24.3 Å². The zero-order chi connectivity index (χ0) is 14.0. The zero-order valence-electron chi connectivity index (χ0n) is 10.0. The Labute approximate surface area is 129 Å². The Kier molecular flexibility index (Phi) is 4.50. The van der Waals surface area contributed by atoms with Crippen LogP contribution in [0.4, 0.5) is 5.69 Å². The van der Waals surface area contributed by atoms with E-state index in [1.807, 2.05) is 19.1 Å². The molecule has 0 bridgehead atoms. The third kappa shape index (κ3) is 3.11. The molecule has 2 nitrogen and oxygen atoms in total. The number of hydrogen-bond donors (Lipinski definition) is 1. The Hall–Kier alpha value is -1.03. The molecule has 2 rings (SSSR count). The Balaban J connectivity index is 2.31. The largest absolute Gasteiger partial charge is 0.321 e. The molecule has 19 heavy (non-hydrogen) atoms. The minimum absolute atomic E-state index is 0.236. The van der Waals surface area contributed by atoms with Crippen LogP contribution in [0.3, 0.4) is 0 Å². The Morgan fingerprint density at radius 2 is 1.84 bits per heavy atom. The first kappa shape index (κ1) is 14.4. The average molecular weight is 359 g/mol. The Morgan fingerprint density at radius 3 is 2.58 bits per heavy atom. The van der Waals surface area contributed by atoms with Crippen LogP contribution in [0.2, 0.25) is 10.0 Å². The van der Waals surface area contributed by atoms with Gasteiger partial charge in [0.25, 0.3) is 5.91 Å². The number of aryl methyl sites for hydroxylation is 1. The Bertz CT molecular complexity index is 643. The number of halogens is 3. The highest BCUT2D eigenvalue weighted by atomic mass is 79.9. The van der Waals surface area contributed by atoms with Gasteiger partial charge in [0.15, 0.2) is 0 Å². The van der Waals surface area contributed by atoms with Crippen LogP contribution in [-0.2, 0) is 0 Å². The summed E-state index contributed by atoms with van der Waals surface area (Å²) in [6.07, 6.45) is 0. The molecule has 0 aliphatic heterocycles. The number of benzene rings is 2. The number of rotatable bonds is 2. The maximum atomic E-state index is 12.2. The predicted octanol–water partition coefficient (Wildman–Crippen LogP) is 5.32. The fourth-order valence-electron chi connectivity index (χ4n) is 1.61. The number of hydrogen-bond acceptors (Lipinski definition) is 1. The summed E-state index contributed by atoms with van der Waals surface area (Å²) in [5, 5.41) is 3.49. The summed E-state index contributed by atoms with van der Waals surface area (Å²) in [6, 6.07) is 10.6. The number of nitrogens with one attached hydrogen (secondary N) is 1. The lowest BCUT2D eigenvalue weighted by molar-refractivity contribution is 0.102. The van der Waals surface area contributed by atoms with E-state index < -0.39 is 0 Å². The van der Waals surface area contributed by atoms with E-state index in [1.165, 1.54) is 0 Å². The van der Waals surface area contributed by atoms with Crippen LogP contribution in [-0.4, -0.2) is 5.91 Å². The molecule has 98 valence electrons. The first-order valence-corrected chi connectivity index (χ1v) is 7.06. The number of carbonyl (C=O) groups is 1. The van der Waals surface area contributed by atoms with E-state index in [2.05, 4.69) is 21.2 Å². The second-order valence-corrected chi connectivity index (χ2v) is 5.57. The van der Waals surface area contributed by atoms with E-state index in [9.17, 15) is 4.79 Å². The van der Waals surface area contributed by atoms with Gasteiger partial charge in [0.1, 0.15) is 0 Å². The van der Waals surface area contributed by atoms with Crippen LogP contribution in [0.5, 0.6) is 0 Å². The molecule has 2 aromatic rings. The molecule has 0 atom stereocenters. The highest BCUT2D eigenvalue weighted by molar-refractivity contribution is 9.10.